The van der Waals surface area contributed by atoms with E-state index in [0.29, 0.717) is 13.1 Å². The van der Waals surface area contributed by atoms with Crippen LogP contribution in [0.1, 0.15) is 89.2 Å². The van der Waals surface area contributed by atoms with Gasteiger partial charge in [0.1, 0.15) is 13.2 Å². The second-order valence-electron chi connectivity index (χ2n) is 11.0. The fourth-order valence-corrected chi connectivity index (χ4v) is 4.58. The van der Waals surface area contributed by atoms with Gasteiger partial charge in [-0.2, -0.15) is 0 Å². The van der Waals surface area contributed by atoms with Crippen LogP contribution in [0.3, 0.4) is 0 Å². The standard InChI is InChI=1S/C34H52N2O4/c1-5-7-9-11-13-23-35(3)25-33(37)39-27-29-15-19-31(20-16-29)32-21-17-30(18-22-32)28-40-34(38)26-36(4)24-14-12-10-8-6-2/h15-22H,5-14,23-28H2,1-4H3. The highest BCUT2D eigenvalue weighted by Crippen LogP contribution is 2.21. The number of benzene rings is 2. The zero-order chi connectivity index (χ0) is 29.0. The maximum Gasteiger partial charge on any atom is 0.320 e. The SMILES string of the molecule is CCCCCCCN(C)CC(=O)OCc1ccc(-c2ccc(COC(=O)CN(C)CCCCCCC)cc2)cc1. The maximum absolute atomic E-state index is 12.2. The molecule has 0 N–H and O–H groups in total. The summed E-state index contributed by atoms with van der Waals surface area (Å²) in [5, 5.41) is 0. The molecule has 6 nitrogen and oxygen atoms in total. The predicted molar refractivity (Wildman–Crippen MR) is 164 cm³/mol. The monoisotopic (exact) mass is 552 g/mol. The van der Waals surface area contributed by atoms with E-state index >= 15 is 0 Å². The summed E-state index contributed by atoms with van der Waals surface area (Å²) in [5.41, 5.74) is 4.10. The van der Waals surface area contributed by atoms with Crippen LogP contribution in [-0.4, -0.2) is 62.0 Å². The van der Waals surface area contributed by atoms with Crippen LogP contribution in [0, 0.1) is 0 Å². The maximum atomic E-state index is 12.2. The van der Waals surface area contributed by atoms with Crippen LogP contribution in [0.25, 0.3) is 11.1 Å². The summed E-state index contributed by atoms with van der Waals surface area (Å²) in [4.78, 5) is 28.5. The molecule has 2 aromatic rings. The molecule has 0 spiro atoms. The zero-order valence-corrected chi connectivity index (χ0v) is 25.5. The van der Waals surface area contributed by atoms with Gasteiger partial charge >= 0.3 is 11.9 Å². The van der Waals surface area contributed by atoms with Crippen LogP contribution in [0.15, 0.2) is 48.5 Å². The average molecular weight is 553 g/mol. The molecule has 0 fully saturated rings. The van der Waals surface area contributed by atoms with Crippen LogP contribution in [0.4, 0.5) is 0 Å². The minimum Gasteiger partial charge on any atom is -0.460 e. The van der Waals surface area contributed by atoms with Gasteiger partial charge in [-0.1, -0.05) is 114 Å². The Morgan fingerprint density at radius 3 is 1.25 bits per heavy atom. The van der Waals surface area contributed by atoms with Crippen molar-refractivity contribution in [2.24, 2.45) is 0 Å². The number of ether oxygens (including phenoxy) is 2. The number of esters is 2. The van der Waals surface area contributed by atoms with E-state index in [4.69, 9.17) is 9.47 Å². The van der Waals surface area contributed by atoms with Crippen molar-refractivity contribution in [3.63, 3.8) is 0 Å². The number of unbranched alkanes of at least 4 members (excludes halogenated alkanes) is 8. The number of rotatable bonds is 21. The van der Waals surface area contributed by atoms with Crippen molar-refractivity contribution in [3.8, 4) is 11.1 Å². The molecule has 222 valence electrons. The fraction of sp³-hybridized carbons (Fsp3) is 0.588. The first-order chi connectivity index (χ1) is 19.4. The van der Waals surface area contributed by atoms with Crippen LogP contribution < -0.4 is 0 Å². The Kier molecular flexibility index (Phi) is 16.9. The Bertz CT molecular complexity index is 879. The summed E-state index contributed by atoms with van der Waals surface area (Å²) in [7, 11) is 3.95. The smallest absolute Gasteiger partial charge is 0.320 e. The highest BCUT2D eigenvalue weighted by atomic mass is 16.5. The van der Waals surface area contributed by atoms with E-state index in [1.165, 1.54) is 51.4 Å². The van der Waals surface area contributed by atoms with Crippen molar-refractivity contribution >= 4 is 11.9 Å². The van der Waals surface area contributed by atoms with Gasteiger partial charge in [-0.25, -0.2) is 0 Å². The Labute approximate surface area is 243 Å². The minimum atomic E-state index is -0.189. The van der Waals surface area contributed by atoms with Gasteiger partial charge in [0, 0.05) is 0 Å². The quantitative estimate of drug-likeness (QED) is 0.120. The van der Waals surface area contributed by atoms with Crippen molar-refractivity contribution < 1.29 is 19.1 Å². The van der Waals surface area contributed by atoms with E-state index in [0.717, 1.165) is 48.2 Å². The third-order valence-corrected chi connectivity index (χ3v) is 7.13. The van der Waals surface area contributed by atoms with Crippen LogP contribution >= 0.6 is 0 Å². The van der Waals surface area contributed by atoms with E-state index < -0.39 is 0 Å². The summed E-state index contributed by atoms with van der Waals surface area (Å²) in [6.45, 7) is 7.48. The van der Waals surface area contributed by atoms with E-state index in [2.05, 4.69) is 13.8 Å². The van der Waals surface area contributed by atoms with E-state index in [1.807, 2.05) is 72.4 Å². The number of likely N-dealkylation sites (N-methyl/N-ethyl adjacent to an activating group) is 2. The Balaban J connectivity index is 1.68. The highest BCUT2D eigenvalue weighted by Gasteiger charge is 2.10. The number of hydrogen-bond acceptors (Lipinski definition) is 6. The molecule has 0 atom stereocenters. The fourth-order valence-electron chi connectivity index (χ4n) is 4.58. The van der Waals surface area contributed by atoms with Crippen LogP contribution in [-0.2, 0) is 32.3 Å². The van der Waals surface area contributed by atoms with Crippen molar-refractivity contribution in [2.45, 2.75) is 91.3 Å². The summed E-state index contributed by atoms with van der Waals surface area (Å²) in [6, 6.07) is 16.1. The molecule has 0 aliphatic carbocycles. The topological polar surface area (TPSA) is 59.1 Å². The van der Waals surface area contributed by atoms with Gasteiger partial charge in [0.15, 0.2) is 0 Å². The van der Waals surface area contributed by atoms with Gasteiger partial charge in [0.05, 0.1) is 13.1 Å². The zero-order valence-electron chi connectivity index (χ0n) is 25.5. The lowest BCUT2D eigenvalue weighted by Crippen LogP contribution is -2.28. The van der Waals surface area contributed by atoms with Gasteiger partial charge in [-0.05, 0) is 62.3 Å². The second kappa shape index (κ2) is 20.2. The molecule has 0 aliphatic rings. The number of carbonyl (C=O) groups excluding carboxylic acids is 2. The normalized spacial score (nSPS) is 11.2. The van der Waals surface area contributed by atoms with Gasteiger partial charge in [0.25, 0.3) is 0 Å². The molecule has 0 amide bonds. The molecule has 40 heavy (non-hydrogen) atoms. The van der Waals surface area contributed by atoms with Crippen molar-refractivity contribution in [2.75, 3.05) is 40.3 Å². The summed E-state index contributed by atoms with van der Waals surface area (Å²) < 4.78 is 11.0. The lowest BCUT2D eigenvalue weighted by molar-refractivity contribution is -0.146. The first-order valence-electron chi connectivity index (χ1n) is 15.3. The first kappa shape index (κ1) is 33.5. The Morgan fingerprint density at radius 2 is 0.900 bits per heavy atom. The second-order valence-corrected chi connectivity index (χ2v) is 11.0. The molecular formula is C34H52N2O4. The molecule has 0 aromatic heterocycles. The molecular weight excluding hydrogens is 500 g/mol. The van der Waals surface area contributed by atoms with E-state index in [1.54, 1.807) is 0 Å². The predicted octanol–water partition coefficient (Wildman–Crippen LogP) is 7.24. The van der Waals surface area contributed by atoms with Gasteiger partial charge in [0.2, 0.25) is 0 Å². The number of carbonyl (C=O) groups is 2. The third kappa shape index (κ3) is 14.6. The molecule has 0 heterocycles. The first-order valence-corrected chi connectivity index (χ1v) is 15.3. The molecule has 0 saturated carbocycles. The summed E-state index contributed by atoms with van der Waals surface area (Å²) in [6.07, 6.45) is 12.2. The highest BCUT2D eigenvalue weighted by molar-refractivity contribution is 5.72. The molecule has 2 rings (SSSR count). The van der Waals surface area contributed by atoms with E-state index in [9.17, 15) is 9.59 Å². The Hall–Kier alpha value is -2.70. The molecule has 0 unspecified atom stereocenters. The molecule has 6 heteroatoms. The summed E-state index contributed by atoms with van der Waals surface area (Å²) in [5.74, 6) is -0.379. The molecule has 2 aromatic carbocycles. The van der Waals surface area contributed by atoms with E-state index in [-0.39, 0.29) is 25.2 Å². The van der Waals surface area contributed by atoms with Gasteiger partial charge in [-0.3, -0.25) is 19.4 Å². The van der Waals surface area contributed by atoms with Gasteiger partial charge < -0.3 is 9.47 Å². The molecule has 0 radical (unpaired) electrons. The third-order valence-electron chi connectivity index (χ3n) is 7.13. The molecule has 0 aliphatic heterocycles. The van der Waals surface area contributed by atoms with Crippen LogP contribution in [0.2, 0.25) is 0 Å². The lowest BCUT2D eigenvalue weighted by atomic mass is 10.0. The summed E-state index contributed by atoms with van der Waals surface area (Å²) >= 11 is 0. The number of nitrogens with zero attached hydrogens (tertiary/aromatic N) is 2. The number of hydrogen-bond donors (Lipinski definition) is 0. The van der Waals surface area contributed by atoms with Gasteiger partial charge in [-0.15, -0.1) is 0 Å². The largest absolute Gasteiger partial charge is 0.460 e. The lowest BCUT2D eigenvalue weighted by Gasteiger charge is -2.16. The average Bonchev–Trinajstić information content (AvgIpc) is 2.95. The Morgan fingerprint density at radius 1 is 0.550 bits per heavy atom. The van der Waals surface area contributed by atoms with Crippen LogP contribution in [0.5, 0.6) is 0 Å². The van der Waals surface area contributed by atoms with Crippen molar-refractivity contribution in [3.05, 3.63) is 59.7 Å². The molecule has 0 bridgehead atoms. The van der Waals surface area contributed by atoms with Crippen molar-refractivity contribution in [1.82, 2.24) is 9.80 Å². The molecule has 0 saturated heterocycles. The van der Waals surface area contributed by atoms with Crippen molar-refractivity contribution in [1.29, 1.82) is 0 Å². The minimum absolute atomic E-state index is 0.189.